The van der Waals surface area contributed by atoms with Crippen LogP contribution in [0.4, 0.5) is 5.69 Å². The van der Waals surface area contributed by atoms with E-state index in [2.05, 4.69) is 5.32 Å². The number of ketones is 1. The molecule has 0 spiro atoms. The minimum atomic E-state index is -0.0485. The largest absolute Gasteiger partial charge is 0.493 e. The molecule has 0 amide bonds. The van der Waals surface area contributed by atoms with Gasteiger partial charge in [-0.15, -0.1) is 0 Å². The summed E-state index contributed by atoms with van der Waals surface area (Å²) in [4.78, 5) is 11.8. The first-order chi connectivity index (χ1) is 8.56. The van der Waals surface area contributed by atoms with Gasteiger partial charge >= 0.3 is 0 Å². The molecule has 0 aliphatic rings. The normalized spacial score (nSPS) is 10.1. The fourth-order valence-corrected chi connectivity index (χ4v) is 1.92. The predicted octanol–water partition coefficient (Wildman–Crippen LogP) is 3.04. The van der Waals surface area contributed by atoms with Crippen molar-refractivity contribution in [2.75, 3.05) is 25.6 Å². The van der Waals surface area contributed by atoms with Gasteiger partial charge in [-0.3, -0.25) is 4.79 Å². The summed E-state index contributed by atoms with van der Waals surface area (Å²) >= 11 is 0. The van der Waals surface area contributed by atoms with Crippen molar-refractivity contribution in [3.05, 3.63) is 17.2 Å². The Morgan fingerprint density at radius 3 is 2.33 bits per heavy atom. The van der Waals surface area contributed by atoms with Crippen molar-refractivity contribution in [2.24, 2.45) is 0 Å². The molecular weight excluding hydrogens is 230 g/mol. The molecule has 18 heavy (non-hydrogen) atoms. The number of carbonyl (C=O) groups is 1. The van der Waals surface area contributed by atoms with Crippen LogP contribution in [-0.2, 0) is 0 Å². The molecule has 0 aliphatic carbocycles. The van der Waals surface area contributed by atoms with Crippen LogP contribution in [0.3, 0.4) is 0 Å². The van der Waals surface area contributed by atoms with Crippen LogP contribution in [0.2, 0.25) is 0 Å². The second-order valence-electron chi connectivity index (χ2n) is 3.92. The highest BCUT2D eigenvalue weighted by Crippen LogP contribution is 2.37. The van der Waals surface area contributed by atoms with Gasteiger partial charge in [0.2, 0.25) is 0 Å². The van der Waals surface area contributed by atoms with Gasteiger partial charge in [0.05, 0.1) is 13.2 Å². The lowest BCUT2D eigenvalue weighted by atomic mass is 10.0. The second kappa shape index (κ2) is 6.28. The Morgan fingerprint density at radius 1 is 1.28 bits per heavy atom. The van der Waals surface area contributed by atoms with Gasteiger partial charge in [0.15, 0.2) is 5.78 Å². The number of hydrogen-bond donors (Lipinski definition) is 1. The number of carbonyl (C=O) groups excluding carboxylic acids is 1. The fraction of sp³-hybridized carbons (Fsp3) is 0.500. The lowest BCUT2D eigenvalue weighted by Gasteiger charge is -2.18. The highest BCUT2D eigenvalue weighted by Gasteiger charge is 2.20. The van der Waals surface area contributed by atoms with Gasteiger partial charge in [-0.1, -0.05) is 0 Å². The molecule has 1 rings (SSSR count). The number of anilines is 1. The number of ether oxygens (including phenoxy) is 2. The standard InChI is InChI=1S/C14H21NO3/c1-6-17-12-8-11(15-5)9(3)14(18-7-2)13(12)10(4)16/h8,15H,6-7H2,1-5H3. The van der Waals surface area contributed by atoms with Crippen LogP contribution < -0.4 is 14.8 Å². The zero-order valence-corrected chi connectivity index (χ0v) is 11.7. The van der Waals surface area contributed by atoms with E-state index in [9.17, 15) is 4.79 Å². The van der Waals surface area contributed by atoms with Crippen LogP contribution in [0.1, 0.15) is 36.7 Å². The van der Waals surface area contributed by atoms with Crippen molar-refractivity contribution < 1.29 is 14.3 Å². The third-order valence-electron chi connectivity index (χ3n) is 2.70. The minimum absolute atomic E-state index is 0.0485. The molecule has 0 radical (unpaired) electrons. The molecule has 0 aliphatic heterocycles. The van der Waals surface area contributed by atoms with E-state index in [0.29, 0.717) is 30.3 Å². The predicted molar refractivity (Wildman–Crippen MR) is 73.1 cm³/mol. The Morgan fingerprint density at radius 2 is 1.89 bits per heavy atom. The van der Waals surface area contributed by atoms with Crippen LogP contribution in [0, 0.1) is 6.92 Å². The van der Waals surface area contributed by atoms with Crippen molar-refractivity contribution in [1.82, 2.24) is 0 Å². The van der Waals surface area contributed by atoms with Gasteiger partial charge in [-0.05, 0) is 27.7 Å². The van der Waals surface area contributed by atoms with E-state index in [1.54, 1.807) is 0 Å². The number of Topliss-reactive ketones (excluding diaryl/α,β-unsaturated/α-hetero) is 1. The maximum absolute atomic E-state index is 11.8. The minimum Gasteiger partial charge on any atom is -0.493 e. The summed E-state index contributed by atoms with van der Waals surface area (Å²) in [6, 6.07) is 1.85. The van der Waals surface area contributed by atoms with Crippen LogP contribution in [0.5, 0.6) is 11.5 Å². The summed E-state index contributed by atoms with van der Waals surface area (Å²) in [6.45, 7) is 8.27. The third-order valence-corrected chi connectivity index (χ3v) is 2.70. The average molecular weight is 251 g/mol. The molecule has 0 fully saturated rings. The monoisotopic (exact) mass is 251 g/mol. The van der Waals surface area contributed by atoms with Crippen molar-refractivity contribution in [3.63, 3.8) is 0 Å². The number of rotatable bonds is 6. The van der Waals surface area contributed by atoms with Gasteiger partial charge in [-0.25, -0.2) is 0 Å². The maximum atomic E-state index is 11.8. The highest BCUT2D eigenvalue weighted by molar-refractivity contribution is 6.01. The molecule has 4 nitrogen and oxygen atoms in total. The lowest BCUT2D eigenvalue weighted by molar-refractivity contribution is 0.101. The molecule has 100 valence electrons. The van der Waals surface area contributed by atoms with E-state index in [-0.39, 0.29) is 5.78 Å². The number of benzene rings is 1. The Bertz CT molecular complexity index is 441. The summed E-state index contributed by atoms with van der Waals surface area (Å²) in [5, 5.41) is 3.09. The Kier molecular flexibility index (Phi) is 5.01. The molecule has 1 N–H and O–H groups in total. The van der Waals surface area contributed by atoms with Gasteiger partial charge in [0, 0.05) is 24.4 Å². The first kappa shape index (κ1) is 14.4. The Balaban J connectivity index is 3.50. The Labute approximate surface area is 108 Å². The lowest BCUT2D eigenvalue weighted by Crippen LogP contribution is -2.08. The smallest absolute Gasteiger partial charge is 0.167 e. The summed E-state index contributed by atoms with van der Waals surface area (Å²) in [7, 11) is 1.83. The topological polar surface area (TPSA) is 47.6 Å². The van der Waals surface area contributed by atoms with Gasteiger partial charge in [0.1, 0.15) is 17.1 Å². The van der Waals surface area contributed by atoms with Crippen LogP contribution >= 0.6 is 0 Å². The van der Waals surface area contributed by atoms with Crippen molar-refractivity contribution in [2.45, 2.75) is 27.7 Å². The van der Waals surface area contributed by atoms with E-state index in [1.807, 2.05) is 33.9 Å². The fourth-order valence-electron chi connectivity index (χ4n) is 1.92. The molecule has 0 heterocycles. The van der Waals surface area contributed by atoms with Crippen molar-refractivity contribution >= 4 is 11.5 Å². The first-order valence-electron chi connectivity index (χ1n) is 6.18. The van der Waals surface area contributed by atoms with Crippen LogP contribution in [0.15, 0.2) is 6.07 Å². The van der Waals surface area contributed by atoms with Crippen molar-refractivity contribution in [1.29, 1.82) is 0 Å². The molecular formula is C14H21NO3. The van der Waals surface area contributed by atoms with E-state index < -0.39 is 0 Å². The SMILES string of the molecule is CCOc1cc(NC)c(C)c(OCC)c1C(C)=O. The van der Waals surface area contributed by atoms with Crippen LogP contribution in [-0.4, -0.2) is 26.0 Å². The molecule has 1 aromatic carbocycles. The van der Waals surface area contributed by atoms with Crippen LogP contribution in [0.25, 0.3) is 0 Å². The van der Waals surface area contributed by atoms with Gasteiger partial charge in [0.25, 0.3) is 0 Å². The number of nitrogens with one attached hydrogen (secondary N) is 1. The maximum Gasteiger partial charge on any atom is 0.167 e. The molecule has 1 aromatic rings. The second-order valence-corrected chi connectivity index (χ2v) is 3.92. The number of hydrogen-bond acceptors (Lipinski definition) is 4. The molecule has 0 saturated carbocycles. The van der Waals surface area contributed by atoms with Gasteiger partial charge < -0.3 is 14.8 Å². The van der Waals surface area contributed by atoms with E-state index >= 15 is 0 Å². The zero-order valence-electron chi connectivity index (χ0n) is 11.7. The van der Waals surface area contributed by atoms with Crippen molar-refractivity contribution in [3.8, 4) is 11.5 Å². The molecule has 0 unspecified atom stereocenters. The molecule has 0 atom stereocenters. The van der Waals surface area contributed by atoms with E-state index in [0.717, 1.165) is 11.3 Å². The molecule has 0 saturated heterocycles. The Hall–Kier alpha value is -1.71. The summed E-state index contributed by atoms with van der Waals surface area (Å²) < 4.78 is 11.2. The van der Waals surface area contributed by atoms with E-state index in [4.69, 9.17) is 9.47 Å². The van der Waals surface area contributed by atoms with Gasteiger partial charge in [-0.2, -0.15) is 0 Å². The molecule has 0 aromatic heterocycles. The first-order valence-corrected chi connectivity index (χ1v) is 6.18. The quantitative estimate of drug-likeness (QED) is 0.789. The average Bonchev–Trinajstić information content (AvgIpc) is 2.33. The van der Waals surface area contributed by atoms with E-state index in [1.165, 1.54) is 6.92 Å². The zero-order chi connectivity index (χ0) is 13.7. The summed E-state index contributed by atoms with van der Waals surface area (Å²) in [5.74, 6) is 1.14. The highest BCUT2D eigenvalue weighted by atomic mass is 16.5. The summed E-state index contributed by atoms with van der Waals surface area (Å²) in [5.41, 5.74) is 2.36. The molecule has 4 heteroatoms. The molecule has 0 bridgehead atoms. The third kappa shape index (κ3) is 2.75. The summed E-state index contributed by atoms with van der Waals surface area (Å²) in [6.07, 6.45) is 0.